The van der Waals surface area contributed by atoms with Crippen molar-refractivity contribution in [2.75, 3.05) is 5.32 Å². The second-order valence-electron chi connectivity index (χ2n) is 6.98. The van der Waals surface area contributed by atoms with Gasteiger partial charge in [-0.2, -0.15) is 0 Å². The minimum Gasteiger partial charge on any atom is -0.367 e. The van der Waals surface area contributed by atoms with E-state index < -0.39 is 0 Å². The summed E-state index contributed by atoms with van der Waals surface area (Å²) in [6.07, 6.45) is 8.16. The molecule has 3 fully saturated rings. The Morgan fingerprint density at radius 3 is 2.70 bits per heavy atom. The first-order valence-electron chi connectivity index (χ1n) is 8.00. The molecule has 0 aliphatic heterocycles. The van der Waals surface area contributed by atoms with Crippen molar-refractivity contribution in [2.45, 2.75) is 57.4 Å². The first kappa shape index (κ1) is 12.9. The fourth-order valence-electron chi connectivity index (χ4n) is 4.28. The van der Waals surface area contributed by atoms with Crippen LogP contribution in [0.4, 0.5) is 5.82 Å². The molecule has 3 nitrogen and oxygen atoms in total. The molecule has 4 atom stereocenters. The fourth-order valence-corrected chi connectivity index (χ4v) is 4.47. The quantitative estimate of drug-likeness (QED) is 0.843. The van der Waals surface area contributed by atoms with Gasteiger partial charge in [0, 0.05) is 18.0 Å². The third-order valence-corrected chi connectivity index (χ3v) is 5.66. The average molecular weight is 292 g/mol. The zero-order valence-electron chi connectivity index (χ0n) is 12.0. The van der Waals surface area contributed by atoms with Crippen LogP contribution in [0.1, 0.15) is 57.2 Å². The zero-order chi connectivity index (χ0) is 13.7. The first-order chi connectivity index (χ1) is 9.69. The number of hydrogen-bond acceptors (Lipinski definition) is 3. The van der Waals surface area contributed by atoms with E-state index >= 15 is 0 Å². The number of halogens is 1. The van der Waals surface area contributed by atoms with Gasteiger partial charge in [0.1, 0.15) is 16.8 Å². The van der Waals surface area contributed by atoms with Crippen molar-refractivity contribution in [2.24, 2.45) is 17.8 Å². The maximum Gasteiger partial charge on any atom is 0.135 e. The summed E-state index contributed by atoms with van der Waals surface area (Å²) in [5, 5.41) is 4.17. The highest BCUT2D eigenvalue weighted by atomic mass is 35.5. The molecule has 3 aliphatic rings. The van der Waals surface area contributed by atoms with E-state index in [1.54, 1.807) is 0 Å². The molecule has 108 valence electrons. The number of nitrogens with one attached hydrogen (secondary N) is 1. The lowest BCUT2D eigenvalue weighted by atomic mass is 9.84. The SMILES string of the molecule is CC(Nc1cc(Cl)nc(C2CC2)n1)C1CC2CCC1C2. The summed E-state index contributed by atoms with van der Waals surface area (Å²) in [6.45, 7) is 2.30. The fraction of sp³-hybridized carbons (Fsp3) is 0.750. The summed E-state index contributed by atoms with van der Waals surface area (Å²) in [5.41, 5.74) is 0. The molecule has 3 saturated carbocycles. The van der Waals surface area contributed by atoms with E-state index in [2.05, 4.69) is 22.2 Å². The third kappa shape index (κ3) is 2.41. The number of aromatic nitrogens is 2. The van der Waals surface area contributed by atoms with Crippen LogP contribution in [0.2, 0.25) is 5.15 Å². The van der Waals surface area contributed by atoms with E-state index in [1.807, 2.05) is 6.07 Å². The standard InChI is InChI=1S/C16H22ClN3/c1-9(13-7-10-2-3-12(13)6-10)18-15-8-14(17)19-16(20-15)11-4-5-11/h8-13H,2-7H2,1H3,(H,18,19,20). The predicted molar refractivity (Wildman–Crippen MR) is 81.0 cm³/mol. The Balaban J connectivity index is 1.48. The van der Waals surface area contributed by atoms with Gasteiger partial charge in [-0.25, -0.2) is 9.97 Å². The van der Waals surface area contributed by atoms with Crippen molar-refractivity contribution in [3.8, 4) is 0 Å². The van der Waals surface area contributed by atoms with Gasteiger partial charge in [0.2, 0.25) is 0 Å². The summed E-state index contributed by atoms with van der Waals surface area (Å²) in [7, 11) is 0. The molecular formula is C16H22ClN3. The topological polar surface area (TPSA) is 37.8 Å². The second kappa shape index (κ2) is 4.87. The number of fused-ring (bicyclic) bond motifs is 2. The molecule has 20 heavy (non-hydrogen) atoms. The number of rotatable bonds is 4. The van der Waals surface area contributed by atoms with E-state index in [4.69, 9.17) is 11.6 Å². The normalized spacial score (nSPS) is 33.4. The highest BCUT2D eigenvalue weighted by Crippen LogP contribution is 2.49. The molecule has 4 rings (SSSR count). The van der Waals surface area contributed by atoms with Crippen molar-refractivity contribution >= 4 is 17.4 Å². The van der Waals surface area contributed by atoms with Crippen LogP contribution in [-0.2, 0) is 0 Å². The largest absolute Gasteiger partial charge is 0.367 e. The number of anilines is 1. The average Bonchev–Trinajstić information content (AvgIpc) is 3.06. The molecular weight excluding hydrogens is 270 g/mol. The highest BCUT2D eigenvalue weighted by molar-refractivity contribution is 6.29. The maximum atomic E-state index is 6.14. The van der Waals surface area contributed by atoms with Gasteiger partial charge in [0.25, 0.3) is 0 Å². The van der Waals surface area contributed by atoms with Gasteiger partial charge in [0.05, 0.1) is 0 Å². The Labute approximate surface area is 125 Å². The Morgan fingerprint density at radius 2 is 2.05 bits per heavy atom. The molecule has 1 aromatic heterocycles. The lowest BCUT2D eigenvalue weighted by Gasteiger charge is -2.29. The van der Waals surface area contributed by atoms with Crippen LogP contribution in [0, 0.1) is 17.8 Å². The number of nitrogens with zero attached hydrogens (tertiary/aromatic N) is 2. The van der Waals surface area contributed by atoms with Crippen molar-refractivity contribution in [3.05, 3.63) is 17.0 Å². The maximum absolute atomic E-state index is 6.14. The van der Waals surface area contributed by atoms with E-state index in [9.17, 15) is 0 Å². The summed E-state index contributed by atoms with van der Waals surface area (Å²) >= 11 is 6.14. The monoisotopic (exact) mass is 291 g/mol. The van der Waals surface area contributed by atoms with Crippen molar-refractivity contribution in [1.29, 1.82) is 0 Å². The number of hydrogen-bond donors (Lipinski definition) is 1. The van der Waals surface area contributed by atoms with Gasteiger partial charge in [-0.05, 0) is 56.8 Å². The summed E-state index contributed by atoms with van der Waals surface area (Å²) in [6, 6.07) is 2.36. The molecule has 0 saturated heterocycles. The molecule has 0 aromatic carbocycles. The van der Waals surface area contributed by atoms with Crippen molar-refractivity contribution in [1.82, 2.24) is 9.97 Å². The Bertz CT molecular complexity index is 514. The van der Waals surface area contributed by atoms with E-state index in [1.165, 1.54) is 38.5 Å². The molecule has 1 aromatic rings. The zero-order valence-corrected chi connectivity index (χ0v) is 12.7. The molecule has 3 aliphatic carbocycles. The lowest BCUT2D eigenvalue weighted by Crippen LogP contribution is -2.30. The van der Waals surface area contributed by atoms with E-state index in [0.29, 0.717) is 17.1 Å². The Morgan fingerprint density at radius 1 is 1.20 bits per heavy atom. The highest BCUT2D eigenvalue weighted by Gasteiger charge is 2.41. The Hall–Kier alpha value is -0.830. The van der Waals surface area contributed by atoms with Crippen LogP contribution in [0.15, 0.2) is 6.07 Å². The van der Waals surface area contributed by atoms with Gasteiger partial charge in [-0.15, -0.1) is 0 Å². The van der Waals surface area contributed by atoms with Crippen LogP contribution in [0.5, 0.6) is 0 Å². The molecule has 4 unspecified atom stereocenters. The summed E-state index contributed by atoms with van der Waals surface area (Å²) in [5.74, 6) is 5.13. The predicted octanol–water partition coefficient (Wildman–Crippen LogP) is 4.24. The van der Waals surface area contributed by atoms with Gasteiger partial charge in [0.15, 0.2) is 0 Å². The van der Waals surface area contributed by atoms with Crippen LogP contribution in [-0.4, -0.2) is 16.0 Å². The van der Waals surface area contributed by atoms with Gasteiger partial charge in [-0.1, -0.05) is 18.0 Å². The lowest BCUT2D eigenvalue weighted by molar-refractivity contribution is 0.304. The molecule has 4 heteroatoms. The van der Waals surface area contributed by atoms with Crippen LogP contribution in [0.25, 0.3) is 0 Å². The third-order valence-electron chi connectivity index (χ3n) is 5.47. The molecule has 1 heterocycles. The summed E-state index contributed by atoms with van der Waals surface area (Å²) < 4.78 is 0. The van der Waals surface area contributed by atoms with Gasteiger partial charge < -0.3 is 5.32 Å². The molecule has 1 N–H and O–H groups in total. The van der Waals surface area contributed by atoms with Gasteiger partial charge >= 0.3 is 0 Å². The molecule has 0 spiro atoms. The minimum atomic E-state index is 0.489. The Kier molecular flexibility index (Phi) is 3.13. The van der Waals surface area contributed by atoms with Gasteiger partial charge in [-0.3, -0.25) is 0 Å². The van der Waals surface area contributed by atoms with Crippen LogP contribution >= 0.6 is 11.6 Å². The first-order valence-corrected chi connectivity index (χ1v) is 8.38. The van der Waals surface area contributed by atoms with Crippen molar-refractivity contribution in [3.63, 3.8) is 0 Å². The van der Waals surface area contributed by atoms with Crippen LogP contribution in [0.3, 0.4) is 0 Å². The smallest absolute Gasteiger partial charge is 0.135 e. The van der Waals surface area contributed by atoms with Crippen molar-refractivity contribution < 1.29 is 0 Å². The van der Waals surface area contributed by atoms with E-state index in [-0.39, 0.29) is 0 Å². The molecule has 0 amide bonds. The van der Waals surface area contributed by atoms with E-state index in [0.717, 1.165) is 29.4 Å². The van der Waals surface area contributed by atoms with Crippen LogP contribution < -0.4 is 5.32 Å². The molecule has 2 bridgehead atoms. The summed E-state index contributed by atoms with van der Waals surface area (Å²) in [4.78, 5) is 9.02. The second-order valence-corrected chi connectivity index (χ2v) is 7.37. The minimum absolute atomic E-state index is 0.489. The molecule has 0 radical (unpaired) electrons.